The quantitative estimate of drug-likeness (QED) is 0.0640. The maximum atomic E-state index is 13.6. The maximum Gasteiger partial charge on any atom is 0.341 e. The van der Waals surface area contributed by atoms with Crippen LogP contribution in [0.4, 0.5) is 10.7 Å². The van der Waals surface area contributed by atoms with Crippen LogP contribution in [0.1, 0.15) is 74.9 Å². The first-order valence-electron chi connectivity index (χ1n) is 16.0. The van der Waals surface area contributed by atoms with E-state index in [1.165, 1.54) is 30.2 Å². The van der Waals surface area contributed by atoms with Gasteiger partial charge in [-0.05, 0) is 92.1 Å². The third-order valence-electron chi connectivity index (χ3n) is 8.10. The molecular formula is C38H39N3O5S2. The number of methoxy groups -OCH3 is 1. The molecule has 1 aliphatic carbocycles. The number of ether oxygens (including phenoxy) is 1. The van der Waals surface area contributed by atoms with Gasteiger partial charge in [-0.15, -0.1) is 23.1 Å². The van der Waals surface area contributed by atoms with Gasteiger partial charge in [0.05, 0.1) is 17.9 Å². The van der Waals surface area contributed by atoms with Crippen molar-refractivity contribution in [1.82, 2.24) is 5.32 Å². The van der Waals surface area contributed by atoms with Crippen molar-refractivity contribution in [1.29, 1.82) is 0 Å². The summed E-state index contributed by atoms with van der Waals surface area (Å²) in [4.78, 5) is 54.9. The number of carbonyl (C=O) groups excluding carboxylic acids is 4. The van der Waals surface area contributed by atoms with Gasteiger partial charge in [0.15, 0.2) is 0 Å². The minimum Gasteiger partial charge on any atom is -0.465 e. The predicted octanol–water partition coefficient (Wildman–Crippen LogP) is 8.03. The lowest BCUT2D eigenvalue weighted by Gasteiger charge is -2.16. The fraction of sp³-hybridized carbons (Fsp3) is 0.263. The molecule has 3 amide bonds. The van der Waals surface area contributed by atoms with Crippen molar-refractivity contribution < 1.29 is 23.9 Å². The van der Waals surface area contributed by atoms with Gasteiger partial charge in [0.2, 0.25) is 5.91 Å². The van der Waals surface area contributed by atoms with E-state index in [0.717, 1.165) is 58.6 Å². The fourth-order valence-electron chi connectivity index (χ4n) is 5.52. The van der Waals surface area contributed by atoms with Gasteiger partial charge >= 0.3 is 5.97 Å². The van der Waals surface area contributed by atoms with E-state index in [9.17, 15) is 19.2 Å². The first-order valence-corrected chi connectivity index (χ1v) is 17.7. The monoisotopic (exact) mass is 681 g/mol. The number of nitrogens with one attached hydrogen (secondary N) is 3. The molecule has 1 unspecified atom stereocenters. The molecule has 8 nitrogen and oxygen atoms in total. The Morgan fingerprint density at radius 1 is 0.917 bits per heavy atom. The maximum absolute atomic E-state index is 13.6. The fourth-order valence-corrected chi connectivity index (χ4v) is 7.81. The highest BCUT2D eigenvalue weighted by Gasteiger charge is 2.28. The zero-order valence-corrected chi connectivity index (χ0v) is 28.9. The molecule has 248 valence electrons. The van der Waals surface area contributed by atoms with Gasteiger partial charge in [0.1, 0.15) is 10.7 Å². The third-order valence-corrected chi connectivity index (χ3v) is 10.7. The second-order valence-corrected chi connectivity index (χ2v) is 13.9. The highest BCUT2D eigenvalue weighted by atomic mass is 32.2. The van der Waals surface area contributed by atoms with Gasteiger partial charge in [-0.3, -0.25) is 14.4 Å². The molecular weight excluding hydrogens is 643 g/mol. The Hall–Kier alpha value is -4.67. The summed E-state index contributed by atoms with van der Waals surface area (Å²) in [5, 5.41) is 8.82. The number of fused-ring (bicyclic) bond motifs is 1. The van der Waals surface area contributed by atoms with Crippen LogP contribution in [0.3, 0.4) is 0 Å². The molecule has 0 fully saturated rings. The van der Waals surface area contributed by atoms with Crippen molar-refractivity contribution in [2.75, 3.05) is 17.7 Å². The predicted molar refractivity (Wildman–Crippen MR) is 194 cm³/mol. The van der Waals surface area contributed by atoms with Crippen LogP contribution in [-0.2, 0) is 27.2 Å². The molecule has 4 aromatic rings. The molecule has 0 radical (unpaired) electrons. The number of esters is 1. The minimum atomic E-state index is -0.484. The Bertz CT molecular complexity index is 1830. The number of benzene rings is 3. The minimum absolute atomic E-state index is 0.0952. The van der Waals surface area contributed by atoms with Crippen molar-refractivity contribution in [2.24, 2.45) is 0 Å². The van der Waals surface area contributed by atoms with E-state index in [1.54, 1.807) is 42.5 Å². The number of hydrogen-bond acceptors (Lipinski definition) is 7. The number of aryl methyl sites for hydroxylation is 2. The molecule has 0 aliphatic heterocycles. The average Bonchev–Trinajstić information content (AvgIpc) is 3.26. The van der Waals surface area contributed by atoms with Gasteiger partial charge in [-0.1, -0.05) is 61.9 Å². The number of amides is 3. The molecule has 0 bridgehead atoms. The number of thiophene rings is 1. The van der Waals surface area contributed by atoms with Crippen LogP contribution in [0.5, 0.6) is 0 Å². The number of rotatable bonds is 11. The van der Waals surface area contributed by atoms with E-state index in [-0.39, 0.29) is 11.6 Å². The molecule has 3 aromatic carbocycles. The Labute approximate surface area is 289 Å². The number of carbonyl (C=O) groups is 4. The van der Waals surface area contributed by atoms with Crippen LogP contribution in [0.15, 0.2) is 89.5 Å². The summed E-state index contributed by atoms with van der Waals surface area (Å²) in [7, 11) is 1.36. The zero-order chi connectivity index (χ0) is 34.0. The summed E-state index contributed by atoms with van der Waals surface area (Å²) in [6, 6.07) is 23.6. The lowest BCUT2D eigenvalue weighted by atomic mass is 10.1. The molecule has 0 spiro atoms. The third kappa shape index (κ3) is 8.62. The van der Waals surface area contributed by atoms with Crippen LogP contribution < -0.4 is 16.0 Å². The van der Waals surface area contributed by atoms with Gasteiger partial charge in [-0.2, -0.15) is 0 Å². The van der Waals surface area contributed by atoms with E-state index >= 15 is 0 Å². The summed E-state index contributed by atoms with van der Waals surface area (Å²) >= 11 is 2.85. The van der Waals surface area contributed by atoms with Gasteiger partial charge in [0, 0.05) is 21.0 Å². The van der Waals surface area contributed by atoms with Crippen LogP contribution in [-0.4, -0.2) is 36.1 Å². The van der Waals surface area contributed by atoms with E-state index in [0.29, 0.717) is 28.2 Å². The first-order chi connectivity index (χ1) is 23.3. The smallest absolute Gasteiger partial charge is 0.341 e. The van der Waals surface area contributed by atoms with Crippen molar-refractivity contribution in [3.63, 3.8) is 0 Å². The second-order valence-electron chi connectivity index (χ2n) is 11.5. The molecule has 1 atom stereocenters. The second kappa shape index (κ2) is 16.4. The highest BCUT2D eigenvalue weighted by Crippen LogP contribution is 2.39. The first kappa shape index (κ1) is 34.7. The van der Waals surface area contributed by atoms with Crippen molar-refractivity contribution in [2.45, 2.75) is 62.5 Å². The molecule has 1 aliphatic rings. The largest absolute Gasteiger partial charge is 0.465 e. The molecule has 1 heterocycles. The highest BCUT2D eigenvalue weighted by molar-refractivity contribution is 8.00. The molecule has 5 rings (SSSR count). The molecule has 0 saturated carbocycles. The molecule has 48 heavy (non-hydrogen) atoms. The van der Waals surface area contributed by atoms with E-state index in [1.807, 2.05) is 56.3 Å². The summed E-state index contributed by atoms with van der Waals surface area (Å²) in [5.74, 6) is -1.51. The average molecular weight is 682 g/mol. The summed E-state index contributed by atoms with van der Waals surface area (Å²) in [6.45, 7) is 3.87. The normalized spacial score (nSPS) is 13.4. The topological polar surface area (TPSA) is 114 Å². The van der Waals surface area contributed by atoms with Crippen LogP contribution in [0.25, 0.3) is 6.08 Å². The Morgan fingerprint density at radius 2 is 1.67 bits per heavy atom. The Balaban J connectivity index is 1.32. The van der Waals surface area contributed by atoms with E-state index in [4.69, 9.17) is 4.74 Å². The van der Waals surface area contributed by atoms with Crippen LogP contribution in [0, 0.1) is 6.92 Å². The zero-order valence-electron chi connectivity index (χ0n) is 27.3. The number of anilines is 2. The van der Waals surface area contributed by atoms with Crippen molar-refractivity contribution >= 4 is 63.6 Å². The van der Waals surface area contributed by atoms with Gasteiger partial charge in [-0.25, -0.2) is 4.79 Å². The lowest BCUT2D eigenvalue weighted by Crippen LogP contribution is -2.30. The van der Waals surface area contributed by atoms with E-state index < -0.39 is 23.0 Å². The number of hydrogen-bond donors (Lipinski definition) is 3. The van der Waals surface area contributed by atoms with Gasteiger partial charge in [0.25, 0.3) is 11.8 Å². The van der Waals surface area contributed by atoms with Crippen LogP contribution >= 0.6 is 23.1 Å². The van der Waals surface area contributed by atoms with Crippen LogP contribution in [0.2, 0.25) is 0 Å². The molecule has 1 aromatic heterocycles. The summed E-state index contributed by atoms with van der Waals surface area (Å²) < 4.78 is 5.10. The summed E-state index contributed by atoms with van der Waals surface area (Å²) in [5.41, 5.74) is 4.27. The van der Waals surface area contributed by atoms with Crippen molar-refractivity contribution in [3.05, 3.63) is 117 Å². The SMILES string of the molecule is CCC(Sc1cccc(NC(=O)/C(=C/c2ccccc2C)NC(=O)c2ccccc2)c1)C(=O)Nc1sc2c(c1C(=O)OC)CCCCC2. The van der Waals surface area contributed by atoms with Gasteiger partial charge < -0.3 is 20.7 Å². The van der Waals surface area contributed by atoms with E-state index in [2.05, 4.69) is 16.0 Å². The number of thioether (sulfide) groups is 1. The lowest BCUT2D eigenvalue weighted by molar-refractivity contribution is -0.116. The Morgan fingerprint density at radius 3 is 2.42 bits per heavy atom. The Kier molecular flexibility index (Phi) is 11.9. The van der Waals surface area contributed by atoms with Crippen molar-refractivity contribution in [3.8, 4) is 0 Å². The molecule has 3 N–H and O–H groups in total. The molecule has 10 heteroatoms. The standard InChI is InChI=1S/C38H39N3O5S2/c1-4-31(36(44)41-37-33(38(45)46-3)29-20-9-6-10-21-32(29)48-37)47-28-19-13-18-27(23-28)39-35(43)30(22-26-17-12-11-14-24(26)2)40-34(42)25-15-7-5-8-16-25/h5,7-8,11-19,22-23,31H,4,6,9-10,20-21H2,1-3H3,(H,39,43)(H,40,42)(H,41,44)/b30-22-. The summed E-state index contributed by atoms with van der Waals surface area (Å²) in [6.07, 6.45) is 7.07. The molecule has 0 saturated heterocycles.